The van der Waals surface area contributed by atoms with Gasteiger partial charge in [0.2, 0.25) is 0 Å². The first-order valence-corrected chi connectivity index (χ1v) is 10.1. The van der Waals surface area contributed by atoms with E-state index in [1.54, 1.807) is 0 Å². The minimum absolute atomic E-state index is 0.277. The molecular weight excluding hydrogens is 306 g/mol. The molecule has 2 nitrogen and oxygen atoms in total. The van der Waals surface area contributed by atoms with E-state index < -0.39 is 12.6 Å². The number of likely N-dealkylation sites (tertiary alicyclic amines) is 1. The van der Waals surface area contributed by atoms with E-state index >= 15 is 0 Å². The van der Waals surface area contributed by atoms with Crippen LogP contribution in [-0.4, -0.2) is 37.2 Å². The highest BCUT2D eigenvalue weighted by Crippen LogP contribution is 2.40. The van der Waals surface area contributed by atoms with Gasteiger partial charge in [-0.15, -0.1) is 0 Å². The van der Waals surface area contributed by atoms with Crippen molar-refractivity contribution >= 4 is 0 Å². The normalized spacial score (nSPS) is 30.6. The predicted molar refractivity (Wildman–Crippen MR) is 108 cm³/mol. The van der Waals surface area contributed by atoms with Crippen molar-refractivity contribution in [3.8, 4) is 11.8 Å². The number of hydrogen-bond donors (Lipinski definition) is 0. The molecule has 0 N–H and O–H groups in total. The Morgan fingerprint density at radius 2 is 1.60 bits per heavy atom. The number of piperidine rings is 1. The molecule has 144 valence electrons. The number of ether oxygens (including phenoxy) is 1. The zero-order valence-electron chi connectivity index (χ0n) is 20.4. The van der Waals surface area contributed by atoms with E-state index in [-0.39, 0.29) is 5.41 Å². The van der Waals surface area contributed by atoms with Gasteiger partial charge in [-0.3, -0.25) is 0 Å². The summed E-state index contributed by atoms with van der Waals surface area (Å²) in [4.78, 5) is 2.45. The summed E-state index contributed by atoms with van der Waals surface area (Å²) in [5.74, 6) is 7.10. The van der Waals surface area contributed by atoms with Gasteiger partial charge in [-0.25, -0.2) is 0 Å². The van der Waals surface area contributed by atoms with E-state index in [0.29, 0.717) is 18.3 Å². The lowest BCUT2D eigenvalue weighted by molar-refractivity contribution is 0.0171. The van der Waals surface area contributed by atoms with Crippen molar-refractivity contribution in [3.63, 3.8) is 0 Å². The number of nitrogens with zero attached hydrogens (tertiary/aromatic N) is 1. The zero-order valence-corrected chi connectivity index (χ0v) is 17.4. The molecule has 2 rings (SSSR count). The first-order valence-electron chi connectivity index (χ1n) is 11.6. The van der Waals surface area contributed by atoms with Gasteiger partial charge < -0.3 is 9.64 Å². The van der Waals surface area contributed by atoms with Gasteiger partial charge in [-0.2, -0.15) is 0 Å². The van der Waals surface area contributed by atoms with Crippen LogP contribution >= 0.6 is 0 Å². The molecular formula is C23H41NO. The molecule has 2 heteroatoms. The van der Waals surface area contributed by atoms with Crippen molar-refractivity contribution in [1.82, 2.24) is 4.90 Å². The van der Waals surface area contributed by atoms with Gasteiger partial charge in [-0.1, -0.05) is 32.6 Å². The summed E-state index contributed by atoms with van der Waals surface area (Å²) in [5.41, 5.74) is 0.147. The molecule has 1 aliphatic carbocycles. The van der Waals surface area contributed by atoms with Crippen LogP contribution in [-0.2, 0) is 4.74 Å². The molecule has 0 aromatic heterocycles. The molecule has 2 aliphatic rings. The molecule has 1 heterocycles. The lowest BCUT2D eigenvalue weighted by atomic mass is 9.70. The number of rotatable bonds is 4. The second-order valence-corrected chi connectivity index (χ2v) is 10.1. The fourth-order valence-corrected chi connectivity index (χ4v) is 3.97. The average molecular weight is 351 g/mol. The lowest BCUT2D eigenvalue weighted by Crippen LogP contribution is -2.40. The average Bonchev–Trinajstić information content (AvgIpc) is 2.54. The summed E-state index contributed by atoms with van der Waals surface area (Å²) >= 11 is 0. The van der Waals surface area contributed by atoms with E-state index in [1.165, 1.54) is 25.7 Å². The van der Waals surface area contributed by atoms with Gasteiger partial charge in [0.25, 0.3) is 0 Å². The third kappa shape index (κ3) is 7.71. The van der Waals surface area contributed by atoms with Crippen LogP contribution in [0.2, 0.25) is 0 Å². The van der Waals surface area contributed by atoms with Crippen molar-refractivity contribution in [2.24, 2.45) is 22.7 Å². The molecule has 0 amide bonds. The highest BCUT2D eigenvalue weighted by molar-refractivity contribution is 5.07. The Hall–Kier alpha value is -0.520. The maximum absolute atomic E-state index is 8.56. The second-order valence-electron chi connectivity index (χ2n) is 10.1. The monoisotopic (exact) mass is 350 g/mol. The first-order chi connectivity index (χ1) is 12.7. The van der Waals surface area contributed by atoms with Crippen molar-refractivity contribution in [1.29, 1.82) is 0 Å². The van der Waals surface area contributed by atoms with Crippen LogP contribution in [0.25, 0.3) is 0 Å². The summed E-state index contributed by atoms with van der Waals surface area (Å²) in [6, 6.07) is 0. The Labute approximate surface area is 161 Å². The first kappa shape index (κ1) is 16.6. The maximum Gasteiger partial charge on any atom is 0.108 e. The highest BCUT2D eigenvalue weighted by atomic mass is 16.5. The molecule has 0 atom stereocenters. The van der Waals surface area contributed by atoms with Crippen molar-refractivity contribution < 1.29 is 8.85 Å². The smallest absolute Gasteiger partial charge is 0.108 e. The molecule has 0 bridgehead atoms. The molecule has 0 unspecified atom stereocenters. The van der Waals surface area contributed by atoms with Gasteiger partial charge in [-0.05, 0) is 76.5 Å². The standard InChI is InChI=1S/C23H41NO/c1-22(2,3)14-7-17-25-21-12-15-24(16-13-21)18-19-8-10-20(11-9-19)23(4,5)6/h19-21H,8-13,15-18H2,1-6H3/i17D2,21D. The third-order valence-corrected chi connectivity index (χ3v) is 5.69. The van der Waals surface area contributed by atoms with E-state index in [0.717, 1.165) is 31.5 Å². The van der Waals surface area contributed by atoms with Crippen LogP contribution in [0.3, 0.4) is 0 Å². The minimum atomic E-state index is -2.07. The molecule has 2 fully saturated rings. The van der Waals surface area contributed by atoms with Gasteiger partial charge in [0.1, 0.15) is 6.56 Å². The molecule has 1 aliphatic heterocycles. The maximum atomic E-state index is 8.56. The van der Waals surface area contributed by atoms with Crippen molar-refractivity contribution in [3.05, 3.63) is 0 Å². The van der Waals surface area contributed by atoms with Crippen LogP contribution < -0.4 is 0 Å². The topological polar surface area (TPSA) is 12.5 Å². The SMILES string of the molecule is [2H]C([2H])(C#CC(C)(C)C)OC1([2H])CCN(CC2CCC(C(C)(C)C)CC2)CC1. The Morgan fingerprint density at radius 1 is 1.00 bits per heavy atom. The van der Waals surface area contributed by atoms with Gasteiger partial charge in [0.15, 0.2) is 0 Å². The summed E-state index contributed by atoms with van der Waals surface area (Å²) in [6.07, 6.45) is 5.21. The van der Waals surface area contributed by atoms with Crippen LogP contribution in [0.1, 0.15) is 84.2 Å². The predicted octanol–water partition coefficient (Wildman–Crippen LogP) is 5.37. The second kappa shape index (κ2) is 8.92. The Balaban J connectivity index is 1.80. The van der Waals surface area contributed by atoms with E-state index in [9.17, 15) is 0 Å². The Kier molecular flexibility index (Phi) is 5.93. The molecule has 0 aromatic rings. The van der Waals surface area contributed by atoms with Crippen LogP contribution in [0, 0.1) is 34.5 Å². The third-order valence-electron chi connectivity index (χ3n) is 5.69. The van der Waals surface area contributed by atoms with Gasteiger partial charge >= 0.3 is 0 Å². The fourth-order valence-electron chi connectivity index (χ4n) is 3.97. The Morgan fingerprint density at radius 3 is 2.12 bits per heavy atom. The van der Waals surface area contributed by atoms with E-state index in [1.807, 2.05) is 20.8 Å². The quantitative estimate of drug-likeness (QED) is 0.632. The van der Waals surface area contributed by atoms with Crippen LogP contribution in [0.15, 0.2) is 0 Å². The largest absolute Gasteiger partial charge is 0.365 e. The zero-order chi connectivity index (χ0) is 21.2. The highest BCUT2D eigenvalue weighted by Gasteiger charge is 2.31. The minimum Gasteiger partial charge on any atom is -0.365 e. The molecule has 0 spiro atoms. The summed E-state index contributed by atoms with van der Waals surface area (Å²) in [5, 5.41) is 0. The van der Waals surface area contributed by atoms with Gasteiger partial charge in [0, 0.05) is 25.0 Å². The molecule has 1 saturated heterocycles. The van der Waals surface area contributed by atoms with E-state index in [4.69, 9.17) is 8.85 Å². The molecule has 0 radical (unpaired) electrons. The Bertz CT molecular complexity index is 563. The molecule has 0 aromatic carbocycles. The summed E-state index contributed by atoms with van der Waals surface area (Å²) < 4.78 is 30.2. The van der Waals surface area contributed by atoms with Crippen LogP contribution in [0.5, 0.6) is 0 Å². The van der Waals surface area contributed by atoms with Crippen LogP contribution in [0.4, 0.5) is 0 Å². The van der Waals surface area contributed by atoms with Crippen molar-refractivity contribution in [2.45, 2.75) is 86.1 Å². The summed E-state index contributed by atoms with van der Waals surface area (Å²) in [6.45, 7) is 13.6. The van der Waals surface area contributed by atoms with Gasteiger partial charge in [0.05, 0.1) is 10.2 Å². The van der Waals surface area contributed by atoms with Crippen molar-refractivity contribution in [2.75, 3.05) is 26.2 Å². The van der Waals surface area contributed by atoms with E-state index in [2.05, 4.69) is 37.5 Å². The fraction of sp³-hybridized carbons (Fsp3) is 0.913. The number of hydrogen-bond acceptors (Lipinski definition) is 2. The lowest BCUT2D eigenvalue weighted by Gasteiger charge is -2.39. The molecule has 1 saturated carbocycles. The summed E-state index contributed by atoms with van der Waals surface area (Å²) in [7, 11) is 0. The molecule has 25 heavy (non-hydrogen) atoms.